The molecule has 1 unspecified atom stereocenters. The van der Waals surface area contributed by atoms with Crippen molar-refractivity contribution in [2.75, 3.05) is 5.73 Å². The number of alkyl halides is 3. The minimum Gasteiger partial charge on any atom is -0.398 e. The molecule has 0 aliphatic carbocycles. The van der Waals surface area contributed by atoms with Gasteiger partial charge in [0.2, 0.25) is 0 Å². The highest BCUT2D eigenvalue weighted by Gasteiger charge is 2.62. The van der Waals surface area contributed by atoms with Crippen molar-refractivity contribution < 1.29 is 18.0 Å². The number of rotatable bonds is 2. The minimum atomic E-state index is -4.75. The Hall–Kier alpha value is -1.63. The van der Waals surface area contributed by atoms with Crippen molar-refractivity contribution in [2.24, 2.45) is 5.16 Å². The Morgan fingerprint density at radius 1 is 1.04 bits per heavy atom. The Morgan fingerprint density at radius 2 is 1.68 bits per heavy atom. The smallest absolute Gasteiger partial charge is 0.398 e. The highest BCUT2D eigenvalue weighted by atomic mass is 35.5. The van der Waals surface area contributed by atoms with Crippen LogP contribution < -0.4 is 5.73 Å². The summed E-state index contributed by atoms with van der Waals surface area (Å²) in [5, 5.41) is 4.08. The molecule has 0 aromatic heterocycles. The average molecular weight is 410 g/mol. The number of nitrogens with two attached hydrogens (primary N) is 1. The van der Waals surface area contributed by atoms with E-state index in [1.54, 1.807) is 0 Å². The van der Waals surface area contributed by atoms with E-state index in [-0.39, 0.29) is 27.0 Å². The molecule has 0 bridgehead atoms. The van der Waals surface area contributed by atoms with Crippen molar-refractivity contribution in [2.45, 2.75) is 18.2 Å². The molecular weight excluding hydrogens is 400 g/mol. The van der Waals surface area contributed by atoms with E-state index in [0.29, 0.717) is 10.6 Å². The van der Waals surface area contributed by atoms with Gasteiger partial charge in [0.05, 0.1) is 16.4 Å². The number of anilines is 1. The summed E-state index contributed by atoms with van der Waals surface area (Å²) in [5.74, 6) is 0. The second-order valence-electron chi connectivity index (χ2n) is 5.53. The molecule has 1 aliphatic rings. The SMILES string of the molecule is Nc1cc(C2=NOC(c3cc(Cl)cc(Cl)c3)(C(F)(F)F)C2)ccc1Cl. The van der Waals surface area contributed by atoms with E-state index in [0.717, 1.165) is 12.1 Å². The van der Waals surface area contributed by atoms with Crippen molar-refractivity contribution >= 4 is 46.2 Å². The standard InChI is InChI=1S/C16H10Cl3F3N2O/c17-10-4-9(5-11(18)6-10)15(16(20,21)22)7-14(24-25-15)8-1-2-12(19)13(23)3-8/h1-6H,7,23H2. The van der Waals surface area contributed by atoms with Crippen LogP contribution in [-0.4, -0.2) is 11.9 Å². The van der Waals surface area contributed by atoms with Crippen molar-refractivity contribution in [1.29, 1.82) is 0 Å². The molecule has 132 valence electrons. The van der Waals surface area contributed by atoms with Gasteiger partial charge < -0.3 is 10.6 Å². The summed E-state index contributed by atoms with van der Waals surface area (Å²) in [7, 11) is 0. The number of nitrogen functional groups attached to an aromatic ring is 1. The van der Waals surface area contributed by atoms with Crippen molar-refractivity contribution in [1.82, 2.24) is 0 Å². The largest absolute Gasteiger partial charge is 0.435 e. The van der Waals surface area contributed by atoms with Crippen LogP contribution in [-0.2, 0) is 10.4 Å². The van der Waals surface area contributed by atoms with Crippen LogP contribution >= 0.6 is 34.8 Å². The summed E-state index contributed by atoms with van der Waals surface area (Å²) in [6.07, 6.45) is -5.29. The maximum Gasteiger partial charge on any atom is 0.435 e. The Bertz CT molecular complexity index is 850. The van der Waals surface area contributed by atoms with Crippen LogP contribution in [0.1, 0.15) is 17.5 Å². The normalized spacial score (nSPS) is 20.3. The third kappa shape index (κ3) is 3.26. The van der Waals surface area contributed by atoms with E-state index >= 15 is 0 Å². The van der Waals surface area contributed by atoms with Gasteiger partial charge in [0.1, 0.15) is 0 Å². The van der Waals surface area contributed by atoms with Crippen LogP contribution in [0.3, 0.4) is 0 Å². The van der Waals surface area contributed by atoms with E-state index in [1.165, 1.54) is 24.3 Å². The lowest BCUT2D eigenvalue weighted by molar-refractivity contribution is -0.275. The van der Waals surface area contributed by atoms with Crippen LogP contribution in [0.15, 0.2) is 41.6 Å². The van der Waals surface area contributed by atoms with Gasteiger partial charge in [0.25, 0.3) is 5.60 Å². The Labute approximate surface area is 156 Å². The topological polar surface area (TPSA) is 47.6 Å². The van der Waals surface area contributed by atoms with E-state index < -0.39 is 18.2 Å². The number of hydrogen-bond donors (Lipinski definition) is 1. The average Bonchev–Trinajstić information content (AvgIpc) is 2.95. The zero-order valence-electron chi connectivity index (χ0n) is 12.4. The summed E-state index contributed by atoms with van der Waals surface area (Å²) in [6.45, 7) is 0. The molecule has 1 atom stereocenters. The van der Waals surface area contributed by atoms with Gasteiger partial charge in [-0.2, -0.15) is 13.2 Å². The second-order valence-corrected chi connectivity index (χ2v) is 6.81. The first-order valence-corrected chi connectivity index (χ1v) is 8.09. The molecule has 0 amide bonds. The monoisotopic (exact) mass is 408 g/mol. The summed E-state index contributed by atoms with van der Waals surface area (Å²) >= 11 is 17.6. The second kappa shape index (κ2) is 6.27. The van der Waals surface area contributed by atoms with Crippen LogP contribution in [0.5, 0.6) is 0 Å². The molecule has 3 nitrogen and oxygen atoms in total. The molecule has 0 radical (unpaired) electrons. The molecule has 0 spiro atoms. The van der Waals surface area contributed by atoms with Gasteiger partial charge in [0.15, 0.2) is 0 Å². The van der Waals surface area contributed by atoms with Crippen LogP contribution in [0.2, 0.25) is 15.1 Å². The molecule has 9 heteroatoms. The first-order chi connectivity index (χ1) is 11.6. The van der Waals surface area contributed by atoms with Crippen molar-refractivity contribution in [3.05, 3.63) is 62.6 Å². The number of halogens is 6. The van der Waals surface area contributed by atoms with Crippen LogP contribution in [0.25, 0.3) is 0 Å². The lowest BCUT2D eigenvalue weighted by atomic mass is 9.86. The fourth-order valence-electron chi connectivity index (χ4n) is 2.57. The van der Waals surface area contributed by atoms with E-state index in [1.807, 2.05) is 0 Å². The van der Waals surface area contributed by atoms with E-state index in [2.05, 4.69) is 5.16 Å². The van der Waals surface area contributed by atoms with Crippen molar-refractivity contribution in [3.8, 4) is 0 Å². The van der Waals surface area contributed by atoms with Crippen LogP contribution in [0, 0.1) is 0 Å². The Balaban J connectivity index is 2.04. The molecule has 2 aromatic carbocycles. The first-order valence-electron chi connectivity index (χ1n) is 6.96. The van der Waals surface area contributed by atoms with E-state index in [4.69, 9.17) is 45.4 Å². The molecule has 25 heavy (non-hydrogen) atoms. The zero-order valence-corrected chi connectivity index (χ0v) is 14.6. The third-order valence-electron chi connectivity index (χ3n) is 3.84. The number of nitrogens with zero attached hydrogens (tertiary/aromatic N) is 1. The summed E-state index contributed by atoms with van der Waals surface area (Å²) in [6, 6.07) is 8.12. The predicted molar refractivity (Wildman–Crippen MR) is 92.3 cm³/mol. The van der Waals surface area contributed by atoms with Gasteiger partial charge >= 0.3 is 6.18 Å². The summed E-state index contributed by atoms with van der Waals surface area (Å²) in [4.78, 5) is 4.91. The molecule has 1 aliphatic heterocycles. The fourth-order valence-corrected chi connectivity index (χ4v) is 3.21. The number of oxime groups is 1. The van der Waals surface area contributed by atoms with Crippen LogP contribution in [0.4, 0.5) is 18.9 Å². The predicted octanol–water partition coefficient (Wildman–Crippen LogP) is 5.81. The molecule has 0 saturated carbocycles. The maximum atomic E-state index is 13.9. The van der Waals surface area contributed by atoms with Crippen molar-refractivity contribution in [3.63, 3.8) is 0 Å². The number of hydrogen-bond acceptors (Lipinski definition) is 3. The Kier molecular flexibility index (Phi) is 4.56. The molecule has 2 N–H and O–H groups in total. The lowest BCUT2D eigenvalue weighted by Crippen LogP contribution is -2.42. The Morgan fingerprint density at radius 3 is 2.24 bits per heavy atom. The molecule has 0 fully saturated rings. The van der Waals surface area contributed by atoms with Gasteiger partial charge in [-0.3, -0.25) is 0 Å². The summed E-state index contributed by atoms with van der Waals surface area (Å²) < 4.78 is 41.6. The molecular formula is C16H10Cl3F3N2O. The summed E-state index contributed by atoms with van der Waals surface area (Å²) in [5.41, 5.74) is 3.53. The molecule has 2 aromatic rings. The lowest BCUT2D eigenvalue weighted by Gasteiger charge is -2.29. The van der Waals surface area contributed by atoms with Gasteiger partial charge in [-0.05, 0) is 30.3 Å². The first kappa shape index (κ1) is 18.2. The van der Waals surface area contributed by atoms with E-state index in [9.17, 15) is 13.2 Å². The van der Waals surface area contributed by atoms with Gasteiger partial charge in [0, 0.05) is 27.6 Å². The zero-order chi connectivity index (χ0) is 18.4. The molecule has 3 rings (SSSR count). The molecule has 1 heterocycles. The van der Waals surface area contributed by atoms with Gasteiger partial charge in [-0.25, -0.2) is 0 Å². The highest BCUT2D eigenvalue weighted by molar-refractivity contribution is 6.34. The fraction of sp³-hybridized carbons (Fsp3) is 0.188. The van der Waals surface area contributed by atoms with Gasteiger partial charge in [-0.1, -0.05) is 46.0 Å². The minimum absolute atomic E-state index is 0.0684. The highest BCUT2D eigenvalue weighted by Crippen LogP contribution is 2.49. The van der Waals surface area contributed by atoms with Gasteiger partial charge in [-0.15, -0.1) is 0 Å². The number of benzene rings is 2. The molecule has 0 saturated heterocycles. The quantitative estimate of drug-likeness (QED) is 0.636. The maximum absolute atomic E-state index is 13.9. The third-order valence-corrected chi connectivity index (χ3v) is 4.62.